The molecule has 4 heterocycles. The van der Waals surface area contributed by atoms with Crippen molar-refractivity contribution in [3.05, 3.63) is 42.2 Å². The van der Waals surface area contributed by atoms with E-state index in [-0.39, 0.29) is 0 Å². The van der Waals surface area contributed by atoms with E-state index in [1.165, 1.54) is 12.8 Å². The summed E-state index contributed by atoms with van der Waals surface area (Å²) in [5.41, 5.74) is 10.9. The van der Waals surface area contributed by atoms with E-state index in [9.17, 15) is 0 Å². The van der Waals surface area contributed by atoms with Gasteiger partial charge in [0.2, 0.25) is 0 Å². The number of nitrogens with zero attached hydrogens (tertiary/aromatic N) is 4. The maximum atomic E-state index is 6.12. The first-order chi connectivity index (χ1) is 14.6. The number of benzene rings is 1. The summed E-state index contributed by atoms with van der Waals surface area (Å²) in [6.45, 7) is 4.26. The first kappa shape index (κ1) is 19.2. The highest BCUT2D eigenvalue weighted by atomic mass is 16.6. The quantitative estimate of drug-likeness (QED) is 0.717. The SMILES string of the molecule is CN1CCC(N(C)Cc2c(-c3ccc4c(c3)OCCO4)nc3ccc(N)cn23)CC1. The fourth-order valence-corrected chi connectivity index (χ4v) is 4.48. The zero-order valence-electron chi connectivity index (χ0n) is 17.7. The van der Waals surface area contributed by atoms with Crippen LogP contribution in [0.1, 0.15) is 18.5 Å². The monoisotopic (exact) mass is 407 g/mol. The van der Waals surface area contributed by atoms with Crippen LogP contribution in [-0.2, 0) is 6.54 Å². The molecule has 2 aromatic heterocycles. The number of likely N-dealkylation sites (tertiary alicyclic amines) is 1. The lowest BCUT2D eigenvalue weighted by Gasteiger charge is -2.35. The molecule has 0 saturated carbocycles. The smallest absolute Gasteiger partial charge is 0.162 e. The molecule has 7 nitrogen and oxygen atoms in total. The molecule has 7 heteroatoms. The molecule has 0 atom stereocenters. The zero-order chi connectivity index (χ0) is 20.7. The van der Waals surface area contributed by atoms with Gasteiger partial charge in [-0.05, 0) is 70.4 Å². The van der Waals surface area contributed by atoms with Gasteiger partial charge in [-0.2, -0.15) is 0 Å². The second-order valence-electron chi connectivity index (χ2n) is 8.41. The van der Waals surface area contributed by atoms with Crippen LogP contribution in [0.3, 0.4) is 0 Å². The molecule has 30 heavy (non-hydrogen) atoms. The lowest BCUT2D eigenvalue weighted by molar-refractivity contribution is 0.138. The average Bonchev–Trinajstić information content (AvgIpc) is 3.11. The minimum Gasteiger partial charge on any atom is -0.486 e. The summed E-state index contributed by atoms with van der Waals surface area (Å²) in [5.74, 6) is 1.58. The minimum absolute atomic E-state index is 0.570. The van der Waals surface area contributed by atoms with Crippen LogP contribution >= 0.6 is 0 Å². The number of aromatic nitrogens is 2. The summed E-state index contributed by atoms with van der Waals surface area (Å²) in [6, 6.07) is 10.5. The van der Waals surface area contributed by atoms with E-state index in [1.807, 2.05) is 30.5 Å². The van der Waals surface area contributed by atoms with Crippen molar-refractivity contribution in [2.24, 2.45) is 0 Å². The van der Waals surface area contributed by atoms with Gasteiger partial charge in [0.25, 0.3) is 0 Å². The first-order valence-electron chi connectivity index (χ1n) is 10.6. The van der Waals surface area contributed by atoms with Crippen molar-refractivity contribution in [1.29, 1.82) is 0 Å². The molecular formula is C23H29N5O2. The van der Waals surface area contributed by atoms with Crippen molar-refractivity contribution in [1.82, 2.24) is 19.2 Å². The van der Waals surface area contributed by atoms with Crippen LogP contribution in [0.25, 0.3) is 16.9 Å². The number of nitrogen functional groups attached to an aromatic ring is 1. The standard InChI is InChI=1S/C23H29N5O2/c1-26-9-7-18(8-10-26)27(2)15-19-23(25-22-6-4-17(24)14-28(19)22)16-3-5-20-21(13-16)30-12-11-29-20/h3-6,13-14,18H,7-12,15,24H2,1-2H3. The lowest BCUT2D eigenvalue weighted by Crippen LogP contribution is -2.41. The second-order valence-corrected chi connectivity index (χ2v) is 8.41. The van der Waals surface area contributed by atoms with Crippen LogP contribution in [0.15, 0.2) is 36.5 Å². The van der Waals surface area contributed by atoms with E-state index < -0.39 is 0 Å². The van der Waals surface area contributed by atoms with Crippen LogP contribution in [0.2, 0.25) is 0 Å². The van der Waals surface area contributed by atoms with E-state index in [0.717, 1.165) is 59.4 Å². The normalized spacial score (nSPS) is 17.7. The van der Waals surface area contributed by atoms with Crippen molar-refractivity contribution < 1.29 is 9.47 Å². The van der Waals surface area contributed by atoms with E-state index in [1.54, 1.807) is 0 Å². The van der Waals surface area contributed by atoms with Crippen molar-refractivity contribution >= 4 is 11.3 Å². The molecule has 0 aliphatic carbocycles. The number of nitrogens with two attached hydrogens (primary N) is 1. The van der Waals surface area contributed by atoms with Crippen LogP contribution < -0.4 is 15.2 Å². The van der Waals surface area contributed by atoms with Gasteiger partial charge in [0.05, 0.1) is 11.4 Å². The molecular weight excluding hydrogens is 378 g/mol. The number of anilines is 1. The fourth-order valence-electron chi connectivity index (χ4n) is 4.48. The van der Waals surface area contributed by atoms with Gasteiger partial charge in [-0.3, -0.25) is 4.90 Å². The van der Waals surface area contributed by atoms with Gasteiger partial charge < -0.3 is 24.5 Å². The van der Waals surface area contributed by atoms with Crippen molar-refractivity contribution in [2.45, 2.75) is 25.4 Å². The van der Waals surface area contributed by atoms with E-state index in [0.29, 0.717) is 19.3 Å². The number of fused-ring (bicyclic) bond motifs is 2. The summed E-state index contributed by atoms with van der Waals surface area (Å²) < 4.78 is 13.6. The van der Waals surface area contributed by atoms with E-state index in [2.05, 4.69) is 34.4 Å². The highest BCUT2D eigenvalue weighted by molar-refractivity contribution is 5.70. The third-order valence-electron chi connectivity index (χ3n) is 6.27. The minimum atomic E-state index is 0.570. The van der Waals surface area contributed by atoms with Crippen LogP contribution in [-0.4, -0.2) is 65.6 Å². The molecule has 5 rings (SSSR count). The summed E-state index contributed by atoms with van der Waals surface area (Å²) in [5, 5.41) is 0. The number of imidazole rings is 1. The molecule has 1 fully saturated rings. The van der Waals surface area contributed by atoms with E-state index in [4.69, 9.17) is 20.2 Å². The van der Waals surface area contributed by atoms with Crippen molar-refractivity contribution in [3.8, 4) is 22.8 Å². The third kappa shape index (κ3) is 3.59. The summed E-state index contributed by atoms with van der Waals surface area (Å²) >= 11 is 0. The Labute approximate surface area is 177 Å². The molecule has 3 aromatic rings. The molecule has 1 saturated heterocycles. The molecule has 0 amide bonds. The molecule has 2 aliphatic heterocycles. The Morgan fingerprint density at radius 3 is 2.67 bits per heavy atom. The maximum Gasteiger partial charge on any atom is 0.162 e. The molecule has 0 unspecified atom stereocenters. The van der Waals surface area contributed by atoms with Gasteiger partial charge in [-0.1, -0.05) is 0 Å². The summed E-state index contributed by atoms with van der Waals surface area (Å²) in [6.07, 6.45) is 4.35. The van der Waals surface area contributed by atoms with Gasteiger partial charge in [0.1, 0.15) is 18.9 Å². The summed E-state index contributed by atoms with van der Waals surface area (Å²) in [4.78, 5) is 9.82. The van der Waals surface area contributed by atoms with Gasteiger partial charge in [-0.25, -0.2) is 4.98 Å². The van der Waals surface area contributed by atoms with Gasteiger partial charge in [0, 0.05) is 30.0 Å². The van der Waals surface area contributed by atoms with Crippen molar-refractivity contribution in [3.63, 3.8) is 0 Å². The van der Waals surface area contributed by atoms with Gasteiger partial charge in [-0.15, -0.1) is 0 Å². The Hall–Kier alpha value is -2.77. The van der Waals surface area contributed by atoms with Crippen molar-refractivity contribution in [2.75, 3.05) is 46.1 Å². The van der Waals surface area contributed by atoms with Gasteiger partial charge >= 0.3 is 0 Å². The first-order valence-corrected chi connectivity index (χ1v) is 10.6. The second kappa shape index (κ2) is 7.81. The molecule has 2 aliphatic rings. The Balaban J connectivity index is 1.53. The molecule has 0 bridgehead atoms. The number of pyridine rings is 1. The van der Waals surface area contributed by atoms with Crippen LogP contribution in [0.5, 0.6) is 11.5 Å². The topological polar surface area (TPSA) is 68.3 Å². The molecule has 0 spiro atoms. The molecule has 2 N–H and O–H groups in total. The predicted molar refractivity (Wildman–Crippen MR) is 118 cm³/mol. The molecule has 0 radical (unpaired) electrons. The summed E-state index contributed by atoms with van der Waals surface area (Å²) in [7, 11) is 4.42. The number of piperidine rings is 1. The van der Waals surface area contributed by atoms with E-state index >= 15 is 0 Å². The highest BCUT2D eigenvalue weighted by Gasteiger charge is 2.24. The number of rotatable bonds is 4. The number of hydrogen-bond donors (Lipinski definition) is 1. The largest absolute Gasteiger partial charge is 0.486 e. The Morgan fingerprint density at radius 1 is 1.10 bits per heavy atom. The predicted octanol–water partition coefficient (Wildman–Crippen LogP) is 2.88. The Morgan fingerprint density at radius 2 is 1.87 bits per heavy atom. The maximum absolute atomic E-state index is 6.12. The Bertz CT molecular complexity index is 1060. The fraction of sp³-hybridized carbons (Fsp3) is 0.435. The zero-order valence-corrected chi connectivity index (χ0v) is 17.7. The van der Waals surface area contributed by atoms with Crippen LogP contribution in [0, 0.1) is 0 Å². The number of hydrogen-bond acceptors (Lipinski definition) is 6. The molecule has 1 aromatic carbocycles. The lowest BCUT2D eigenvalue weighted by atomic mass is 10.0. The third-order valence-corrected chi connectivity index (χ3v) is 6.27. The Kier molecular flexibility index (Phi) is 5.00. The van der Waals surface area contributed by atoms with Crippen LogP contribution in [0.4, 0.5) is 5.69 Å². The van der Waals surface area contributed by atoms with Gasteiger partial charge in [0.15, 0.2) is 11.5 Å². The highest BCUT2D eigenvalue weighted by Crippen LogP contribution is 2.36. The number of ether oxygens (including phenoxy) is 2. The molecule has 158 valence electrons. The average molecular weight is 408 g/mol.